The molecule has 0 amide bonds. The number of hydroxylamine groups is 2. The highest BCUT2D eigenvalue weighted by Crippen LogP contribution is 2.45. The molecule has 5 heterocycles. The van der Waals surface area contributed by atoms with Crippen LogP contribution in [0.4, 0.5) is 5.82 Å². The number of nitrogens with zero attached hydrogens (tertiary/aromatic N) is 6. The van der Waals surface area contributed by atoms with Crippen molar-refractivity contribution >= 4 is 17.0 Å². The number of benzene rings is 3. The lowest BCUT2D eigenvalue weighted by atomic mass is 10.00. The van der Waals surface area contributed by atoms with Crippen LogP contribution in [-0.4, -0.2) is 68.1 Å². The van der Waals surface area contributed by atoms with Gasteiger partial charge in [0.1, 0.15) is 24.6 Å². The van der Waals surface area contributed by atoms with E-state index in [2.05, 4.69) is 65.6 Å². The third kappa shape index (κ3) is 6.09. The molecular weight excluding hydrogens is 608 g/mol. The monoisotopic (exact) mass is 648 g/mol. The highest BCUT2D eigenvalue weighted by molar-refractivity contribution is 5.83. The molecule has 5 aromatic rings. The third-order valence-electron chi connectivity index (χ3n) is 9.29. The SMILES string of the molecule is CO[C@H]1O[C@H]([C@H]2C[C@@H](n3cnc4c(N(Cc5ccccc5)Cc5ccccc5)ncnc43)ON2Cc2ccccc2)[C@@H]2OC(C)(C)O[C@H]12. The summed E-state index contributed by atoms with van der Waals surface area (Å²) in [4.78, 5) is 23.4. The Labute approximate surface area is 279 Å². The molecule has 8 rings (SSSR count). The molecule has 0 unspecified atom stereocenters. The molecule has 3 aromatic carbocycles. The molecule has 0 aliphatic carbocycles. The molecule has 0 spiro atoms. The minimum atomic E-state index is -0.740. The van der Waals surface area contributed by atoms with Crippen LogP contribution in [0.25, 0.3) is 11.2 Å². The first-order chi connectivity index (χ1) is 23.5. The van der Waals surface area contributed by atoms with Gasteiger partial charge in [-0.25, -0.2) is 15.0 Å². The Bertz CT molecular complexity index is 1780. The predicted octanol–water partition coefficient (Wildman–Crippen LogP) is 5.63. The van der Waals surface area contributed by atoms with Crippen LogP contribution in [0.1, 0.15) is 43.2 Å². The summed E-state index contributed by atoms with van der Waals surface area (Å²) in [6.45, 7) is 5.76. The van der Waals surface area contributed by atoms with Gasteiger partial charge in [0.25, 0.3) is 0 Å². The zero-order valence-corrected chi connectivity index (χ0v) is 27.3. The fraction of sp³-hybridized carbons (Fsp3) is 0.378. The Hall–Kier alpha value is -4.23. The topological polar surface area (TPSA) is 96.2 Å². The van der Waals surface area contributed by atoms with Gasteiger partial charge in [0.2, 0.25) is 0 Å². The molecule has 0 N–H and O–H groups in total. The molecule has 248 valence electrons. The van der Waals surface area contributed by atoms with Gasteiger partial charge in [-0.2, -0.15) is 5.06 Å². The van der Waals surface area contributed by atoms with E-state index in [0.717, 1.165) is 16.9 Å². The van der Waals surface area contributed by atoms with Gasteiger partial charge in [-0.3, -0.25) is 9.40 Å². The van der Waals surface area contributed by atoms with Gasteiger partial charge in [-0.15, -0.1) is 0 Å². The largest absolute Gasteiger partial charge is 0.353 e. The molecule has 11 nitrogen and oxygen atoms in total. The van der Waals surface area contributed by atoms with E-state index >= 15 is 0 Å². The second-order valence-electron chi connectivity index (χ2n) is 13.0. The third-order valence-corrected chi connectivity index (χ3v) is 9.29. The molecule has 3 saturated heterocycles. The number of ether oxygens (including phenoxy) is 4. The Morgan fingerprint density at radius 2 is 1.42 bits per heavy atom. The second-order valence-corrected chi connectivity index (χ2v) is 13.0. The highest BCUT2D eigenvalue weighted by atomic mass is 16.8. The lowest BCUT2D eigenvalue weighted by Gasteiger charge is -2.30. The van der Waals surface area contributed by atoms with E-state index in [1.807, 2.05) is 60.1 Å². The normalized spacial score (nSPS) is 26.6. The second kappa shape index (κ2) is 13.0. The Kier molecular flexibility index (Phi) is 8.41. The van der Waals surface area contributed by atoms with Gasteiger partial charge < -0.3 is 23.8 Å². The van der Waals surface area contributed by atoms with Crippen LogP contribution in [0.2, 0.25) is 0 Å². The van der Waals surface area contributed by atoms with Crippen LogP contribution in [0.15, 0.2) is 104 Å². The lowest BCUT2D eigenvalue weighted by molar-refractivity contribution is -0.249. The van der Waals surface area contributed by atoms with Crippen molar-refractivity contribution in [1.82, 2.24) is 24.6 Å². The predicted molar refractivity (Wildman–Crippen MR) is 178 cm³/mol. The first kappa shape index (κ1) is 31.1. The van der Waals surface area contributed by atoms with Crippen LogP contribution < -0.4 is 4.90 Å². The van der Waals surface area contributed by atoms with Crippen molar-refractivity contribution in [2.45, 2.75) is 82.6 Å². The molecule has 3 aliphatic heterocycles. The molecule has 6 atom stereocenters. The van der Waals surface area contributed by atoms with E-state index in [0.29, 0.717) is 31.7 Å². The molecular formula is C37H40N6O5. The van der Waals surface area contributed by atoms with Crippen LogP contribution in [0, 0.1) is 0 Å². The van der Waals surface area contributed by atoms with E-state index < -0.39 is 12.1 Å². The van der Waals surface area contributed by atoms with Crippen LogP contribution in [0.5, 0.6) is 0 Å². The molecule has 0 bridgehead atoms. The molecule has 0 radical (unpaired) electrons. The summed E-state index contributed by atoms with van der Waals surface area (Å²) >= 11 is 0. The Balaban J connectivity index is 1.12. The van der Waals surface area contributed by atoms with Crippen molar-refractivity contribution in [1.29, 1.82) is 0 Å². The number of rotatable bonds is 10. The van der Waals surface area contributed by atoms with Crippen molar-refractivity contribution in [2.24, 2.45) is 0 Å². The first-order valence-corrected chi connectivity index (χ1v) is 16.5. The van der Waals surface area contributed by atoms with E-state index in [1.54, 1.807) is 13.4 Å². The minimum absolute atomic E-state index is 0.160. The van der Waals surface area contributed by atoms with Crippen molar-refractivity contribution in [2.75, 3.05) is 12.0 Å². The molecule has 48 heavy (non-hydrogen) atoms. The summed E-state index contributed by atoms with van der Waals surface area (Å²) < 4.78 is 26.9. The van der Waals surface area contributed by atoms with Gasteiger partial charge in [0.15, 0.2) is 35.3 Å². The fourth-order valence-corrected chi connectivity index (χ4v) is 7.17. The van der Waals surface area contributed by atoms with Crippen LogP contribution >= 0.6 is 0 Å². The van der Waals surface area contributed by atoms with E-state index in [-0.39, 0.29) is 30.6 Å². The molecule has 2 aromatic heterocycles. The van der Waals surface area contributed by atoms with Crippen molar-refractivity contribution < 1.29 is 23.8 Å². The smallest absolute Gasteiger partial charge is 0.186 e. The van der Waals surface area contributed by atoms with Crippen molar-refractivity contribution in [3.8, 4) is 0 Å². The number of imidazole rings is 1. The van der Waals surface area contributed by atoms with Gasteiger partial charge in [0, 0.05) is 33.2 Å². The number of hydrogen-bond acceptors (Lipinski definition) is 10. The number of aromatic nitrogens is 4. The van der Waals surface area contributed by atoms with Crippen LogP contribution in [0.3, 0.4) is 0 Å². The summed E-state index contributed by atoms with van der Waals surface area (Å²) in [6.07, 6.45) is 2.13. The van der Waals surface area contributed by atoms with Gasteiger partial charge >= 0.3 is 0 Å². The zero-order chi connectivity index (χ0) is 32.7. The number of hydrogen-bond donors (Lipinski definition) is 0. The summed E-state index contributed by atoms with van der Waals surface area (Å²) in [6, 6.07) is 31.0. The van der Waals surface area contributed by atoms with Crippen molar-refractivity contribution in [3.05, 3.63) is 120 Å². The lowest BCUT2D eigenvalue weighted by Crippen LogP contribution is -2.45. The average Bonchev–Trinajstić information content (AvgIpc) is 3.87. The average molecular weight is 649 g/mol. The number of methoxy groups -OCH3 is 1. The quantitative estimate of drug-likeness (QED) is 0.190. The molecule has 3 fully saturated rings. The van der Waals surface area contributed by atoms with Gasteiger partial charge in [0.05, 0.1) is 12.4 Å². The maximum absolute atomic E-state index is 6.77. The Morgan fingerprint density at radius 3 is 2.06 bits per heavy atom. The van der Waals surface area contributed by atoms with Gasteiger partial charge in [-0.05, 0) is 30.5 Å². The van der Waals surface area contributed by atoms with E-state index in [4.69, 9.17) is 38.7 Å². The van der Waals surface area contributed by atoms with E-state index in [1.165, 1.54) is 11.1 Å². The van der Waals surface area contributed by atoms with E-state index in [9.17, 15) is 0 Å². The maximum atomic E-state index is 6.77. The molecule has 11 heteroatoms. The highest BCUT2D eigenvalue weighted by Gasteiger charge is 2.59. The van der Waals surface area contributed by atoms with Crippen molar-refractivity contribution in [3.63, 3.8) is 0 Å². The Morgan fingerprint density at radius 1 is 0.792 bits per heavy atom. The van der Waals surface area contributed by atoms with Gasteiger partial charge in [-0.1, -0.05) is 91.0 Å². The minimum Gasteiger partial charge on any atom is -0.353 e. The summed E-state index contributed by atoms with van der Waals surface area (Å²) in [5.74, 6) is 0.0297. The maximum Gasteiger partial charge on any atom is 0.186 e. The molecule has 0 saturated carbocycles. The number of anilines is 1. The number of fused-ring (bicyclic) bond motifs is 2. The summed E-state index contributed by atoms with van der Waals surface area (Å²) in [5, 5.41) is 2.01. The zero-order valence-electron chi connectivity index (χ0n) is 27.3. The van der Waals surface area contributed by atoms with Crippen LogP contribution in [-0.2, 0) is 43.4 Å². The first-order valence-electron chi connectivity index (χ1n) is 16.5. The summed E-state index contributed by atoms with van der Waals surface area (Å²) in [7, 11) is 1.64. The molecule has 3 aliphatic rings. The summed E-state index contributed by atoms with van der Waals surface area (Å²) in [5.41, 5.74) is 4.92. The standard InChI is InChI=1S/C37H40N6O5/c1-37(2)46-32-31(45-36(44-3)33(32)47-37)28-19-29(48-43(28)22-27-17-11-6-12-18-27)42-24-40-30-34(38-23-39-35(30)42)41(20-25-13-7-4-8-14-25)21-26-15-9-5-10-16-26/h4-18,23-24,28-29,31-33,36H,19-22H2,1-3H3/t28-,29+,31-,32+,33+,36+/m1/s1. The fourth-order valence-electron chi connectivity index (χ4n) is 7.17.